The number of fused-ring (bicyclic) bond motifs is 1. The molecule has 0 saturated heterocycles. The van der Waals surface area contributed by atoms with E-state index in [1.807, 2.05) is 0 Å². The number of rotatable bonds is 2. The molecule has 0 radical (unpaired) electrons. The fourth-order valence-corrected chi connectivity index (χ4v) is 9.10. The molecule has 0 fully saturated rings. The molecule has 0 aliphatic carbocycles. The summed E-state index contributed by atoms with van der Waals surface area (Å²) in [6.45, 7) is 2.20. The molecule has 0 bridgehead atoms. The summed E-state index contributed by atoms with van der Waals surface area (Å²) in [6.07, 6.45) is 1.22. The van der Waals surface area contributed by atoms with Crippen molar-refractivity contribution in [2.75, 3.05) is 0 Å². The van der Waals surface area contributed by atoms with Gasteiger partial charge in [0.2, 0.25) is 0 Å². The largest absolute Gasteiger partial charge is 0.149 e. The third-order valence-corrected chi connectivity index (χ3v) is 10.1. The zero-order valence-corrected chi connectivity index (χ0v) is 13.9. The monoisotopic (exact) mass is 300 g/mol. The fraction of sp³-hybridized carbons (Fsp3) is 0.143. The highest BCUT2D eigenvalue weighted by Crippen LogP contribution is 2.24. The van der Waals surface area contributed by atoms with Gasteiger partial charge in [0.15, 0.2) is 0 Å². The standard InChI is InChI=1S/C21H20Si/c1-17-12-13-21-18(16-17)14-15-22(21,19-8-4-2-5-9-19)20-10-6-3-7-11-20/h2-13,16H,14-15H2,1H3. The van der Waals surface area contributed by atoms with Gasteiger partial charge in [0, 0.05) is 0 Å². The van der Waals surface area contributed by atoms with E-state index >= 15 is 0 Å². The molecule has 108 valence electrons. The van der Waals surface area contributed by atoms with Gasteiger partial charge >= 0.3 is 0 Å². The first kappa shape index (κ1) is 13.5. The van der Waals surface area contributed by atoms with Crippen molar-refractivity contribution in [3.05, 3.63) is 90.0 Å². The minimum absolute atomic E-state index is 1.22. The third-order valence-electron chi connectivity index (χ3n) is 5.02. The van der Waals surface area contributed by atoms with Crippen LogP contribution in [0.3, 0.4) is 0 Å². The molecular formula is C21H20Si. The summed E-state index contributed by atoms with van der Waals surface area (Å²) in [5.41, 5.74) is 2.95. The molecule has 22 heavy (non-hydrogen) atoms. The molecule has 0 aromatic heterocycles. The molecule has 0 unspecified atom stereocenters. The second-order valence-corrected chi connectivity index (χ2v) is 10.3. The van der Waals surface area contributed by atoms with Crippen LogP contribution >= 0.6 is 0 Å². The van der Waals surface area contributed by atoms with Crippen LogP contribution in [-0.2, 0) is 6.42 Å². The van der Waals surface area contributed by atoms with Crippen molar-refractivity contribution in [1.29, 1.82) is 0 Å². The normalized spacial score (nSPS) is 15.5. The molecule has 1 heteroatoms. The van der Waals surface area contributed by atoms with E-state index in [0.717, 1.165) is 0 Å². The first-order chi connectivity index (χ1) is 10.8. The Labute approximate surface area is 133 Å². The zero-order chi connectivity index (χ0) is 15.0. The summed E-state index contributed by atoms with van der Waals surface area (Å²) in [5.74, 6) is 0. The Morgan fingerprint density at radius 3 is 1.91 bits per heavy atom. The summed E-state index contributed by atoms with van der Waals surface area (Å²) in [5, 5.41) is 4.71. The van der Waals surface area contributed by atoms with Gasteiger partial charge in [0.1, 0.15) is 8.07 Å². The van der Waals surface area contributed by atoms with Crippen LogP contribution in [0.2, 0.25) is 6.04 Å². The van der Waals surface area contributed by atoms with Gasteiger partial charge in [0.05, 0.1) is 0 Å². The molecule has 0 atom stereocenters. The van der Waals surface area contributed by atoms with Gasteiger partial charge in [-0.3, -0.25) is 0 Å². The maximum Gasteiger partial charge on any atom is 0.149 e. The first-order valence-corrected chi connectivity index (χ1v) is 10.2. The molecule has 3 aromatic rings. The molecule has 1 aliphatic rings. The van der Waals surface area contributed by atoms with E-state index in [-0.39, 0.29) is 0 Å². The van der Waals surface area contributed by atoms with E-state index in [1.165, 1.54) is 18.0 Å². The lowest BCUT2D eigenvalue weighted by molar-refractivity contribution is 1.16. The molecule has 0 spiro atoms. The lowest BCUT2D eigenvalue weighted by Crippen LogP contribution is -2.65. The van der Waals surface area contributed by atoms with E-state index in [0.29, 0.717) is 0 Å². The number of aryl methyl sites for hydroxylation is 2. The Bertz CT molecular complexity index is 751. The summed E-state index contributed by atoms with van der Waals surface area (Å²) >= 11 is 0. The molecule has 4 rings (SSSR count). The van der Waals surface area contributed by atoms with Crippen molar-refractivity contribution in [1.82, 2.24) is 0 Å². The zero-order valence-electron chi connectivity index (χ0n) is 12.9. The minimum atomic E-state index is -1.83. The van der Waals surface area contributed by atoms with Crippen LogP contribution in [0.1, 0.15) is 11.1 Å². The Kier molecular flexibility index (Phi) is 3.23. The number of hydrogen-bond acceptors (Lipinski definition) is 0. The van der Waals surface area contributed by atoms with Gasteiger partial charge in [-0.05, 0) is 40.5 Å². The van der Waals surface area contributed by atoms with Crippen molar-refractivity contribution in [2.24, 2.45) is 0 Å². The second-order valence-electron chi connectivity index (χ2n) is 6.30. The fourth-order valence-electron chi connectivity index (χ4n) is 4.01. The number of hydrogen-bond donors (Lipinski definition) is 0. The molecule has 0 N–H and O–H groups in total. The quantitative estimate of drug-likeness (QED) is 0.638. The second kappa shape index (κ2) is 5.26. The van der Waals surface area contributed by atoms with Crippen LogP contribution in [-0.4, -0.2) is 8.07 Å². The van der Waals surface area contributed by atoms with Gasteiger partial charge in [0.25, 0.3) is 0 Å². The van der Waals surface area contributed by atoms with Crippen molar-refractivity contribution in [3.63, 3.8) is 0 Å². The smallest absolute Gasteiger partial charge is 0.0624 e. The minimum Gasteiger partial charge on any atom is -0.0624 e. The molecule has 0 saturated carbocycles. The SMILES string of the molecule is Cc1ccc2c(c1)CC[Si]2(c1ccccc1)c1ccccc1. The maximum atomic E-state index is 2.41. The topological polar surface area (TPSA) is 0 Å². The first-order valence-electron chi connectivity index (χ1n) is 8.02. The highest BCUT2D eigenvalue weighted by Gasteiger charge is 2.44. The summed E-state index contributed by atoms with van der Waals surface area (Å²) < 4.78 is 0. The van der Waals surface area contributed by atoms with E-state index in [4.69, 9.17) is 0 Å². The van der Waals surface area contributed by atoms with Crippen LogP contribution in [0, 0.1) is 6.92 Å². The molecule has 0 amide bonds. The van der Waals surface area contributed by atoms with Crippen molar-refractivity contribution >= 4 is 23.6 Å². The van der Waals surface area contributed by atoms with E-state index in [9.17, 15) is 0 Å². The summed E-state index contributed by atoms with van der Waals surface area (Å²) in [4.78, 5) is 0. The van der Waals surface area contributed by atoms with Gasteiger partial charge in [-0.25, -0.2) is 0 Å². The summed E-state index contributed by atoms with van der Waals surface area (Å²) in [7, 11) is -1.83. The van der Waals surface area contributed by atoms with E-state index in [1.54, 1.807) is 21.1 Å². The summed E-state index contributed by atoms with van der Waals surface area (Å²) in [6, 6.07) is 30.8. The van der Waals surface area contributed by atoms with Gasteiger partial charge in [-0.2, -0.15) is 0 Å². The average molecular weight is 300 g/mol. The molecular weight excluding hydrogens is 280 g/mol. The Hall–Kier alpha value is -2.12. The van der Waals surface area contributed by atoms with Gasteiger partial charge in [-0.15, -0.1) is 0 Å². The predicted octanol–water partition coefficient (Wildman–Crippen LogP) is 3.02. The van der Waals surface area contributed by atoms with Crippen molar-refractivity contribution < 1.29 is 0 Å². The maximum absolute atomic E-state index is 2.41. The highest BCUT2D eigenvalue weighted by molar-refractivity contribution is 7.12. The molecule has 3 aromatic carbocycles. The van der Waals surface area contributed by atoms with Crippen LogP contribution < -0.4 is 15.6 Å². The van der Waals surface area contributed by atoms with Crippen molar-refractivity contribution in [2.45, 2.75) is 19.4 Å². The predicted molar refractivity (Wildman–Crippen MR) is 97.2 cm³/mol. The van der Waals surface area contributed by atoms with Crippen LogP contribution in [0.5, 0.6) is 0 Å². The number of benzene rings is 3. The molecule has 0 nitrogen and oxygen atoms in total. The van der Waals surface area contributed by atoms with Crippen LogP contribution in [0.15, 0.2) is 78.9 Å². The Balaban J connectivity index is 2.01. The van der Waals surface area contributed by atoms with E-state index in [2.05, 4.69) is 85.8 Å². The van der Waals surface area contributed by atoms with E-state index < -0.39 is 8.07 Å². The van der Waals surface area contributed by atoms with Crippen molar-refractivity contribution in [3.8, 4) is 0 Å². The Morgan fingerprint density at radius 1 is 0.727 bits per heavy atom. The third kappa shape index (κ3) is 1.97. The van der Waals surface area contributed by atoms with Gasteiger partial charge < -0.3 is 0 Å². The van der Waals surface area contributed by atoms with Gasteiger partial charge in [-0.1, -0.05) is 84.4 Å². The molecule has 1 aliphatic heterocycles. The molecule has 1 heterocycles. The lowest BCUT2D eigenvalue weighted by Gasteiger charge is -2.29. The lowest BCUT2D eigenvalue weighted by atomic mass is 10.1. The highest BCUT2D eigenvalue weighted by atomic mass is 28.3. The average Bonchev–Trinajstić information content (AvgIpc) is 2.96. The van der Waals surface area contributed by atoms with Crippen LogP contribution in [0.25, 0.3) is 0 Å². The van der Waals surface area contributed by atoms with Crippen LogP contribution in [0.4, 0.5) is 0 Å². The Morgan fingerprint density at radius 2 is 1.32 bits per heavy atom.